The lowest BCUT2D eigenvalue weighted by Crippen LogP contribution is -2.40. The molecule has 0 aliphatic carbocycles. The lowest BCUT2D eigenvalue weighted by Gasteiger charge is -2.13. The molecule has 1 amide bonds. The molecule has 8 heteroatoms. The SMILES string of the molecule is Cc1csc(C(=O)NC2CS(=O)(=O)CC2Cl)c1Cl. The molecule has 0 bridgehead atoms. The molecule has 1 aliphatic heterocycles. The summed E-state index contributed by atoms with van der Waals surface area (Å²) in [4.78, 5) is 12.3. The lowest BCUT2D eigenvalue weighted by molar-refractivity contribution is 0.0946. The van der Waals surface area contributed by atoms with Gasteiger partial charge in [0.15, 0.2) is 9.84 Å². The third-order valence-electron chi connectivity index (χ3n) is 2.71. The molecule has 1 aromatic rings. The maximum absolute atomic E-state index is 12.0. The van der Waals surface area contributed by atoms with Crippen LogP contribution in [-0.4, -0.2) is 37.2 Å². The molecule has 2 unspecified atom stereocenters. The molecule has 1 aliphatic rings. The highest BCUT2D eigenvalue weighted by Gasteiger charge is 2.37. The summed E-state index contributed by atoms with van der Waals surface area (Å²) in [5.74, 6) is -0.586. The first-order valence-electron chi connectivity index (χ1n) is 5.19. The molecular weight excluding hydrogens is 317 g/mol. The molecule has 2 rings (SSSR count). The number of nitrogens with one attached hydrogen (secondary N) is 1. The number of hydrogen-bond donors (Lipinski definition) is 1. The van der Waals surface area contributed by atoms with Crippen LogP contribution in [0.15, 0.2) is 5.38 Å². The predicted molar refractivity (Wildman–Crippen MR) is 73.6 cm³/mol. The van der Waals surface area contributed by atoms with Crippen LogP contribution in [0.4, 0.5) is 0 Å². The standard InChI is InChI=1S/C10H11Cl2NO3S2/c1-5-2-17-9(8(5)12)10(14)13-7-4-18(15,16)3-6(7)11/h2,6-7H,3-4H2,1H3,(H,13,14). The van der Waals surface area contributed by atoms with E-state index >= 15 is 0 Å². The van der Waals surface area contributed by atoms with Gasteiger partial charge in [0.05, 0.1) is 27.9 Å². The summed E-state index contributed by atoms with van der Waals surface area (Å²) in [6, 6.07) is -0.553. The average molecular weight is 328 g/mol. The summed E-state index contributed by atoms with van der Waals surface area (Å²) in [5.41, 5.74) is 0.827. The summed E-state index contributed by atoms with van der Waals surface area (Å²) in [7, 11) is -3.15. The van der Waals surface area contributed by atoms with Gasteiger partial charge in [0, 0.05) is 0 Å². The highest BCUT2D eigenvalue weighted by atomic mass is 35.5. The van der Waals surface area contributed by atoms with Crippen LogP contribution >= 0.6 is 34.5 Å². The molecule has 1 saturated heterocycles. The van der Waals surface area contributed by atoms with Crippen molar-refractivity contribution in [2.45, 2.75) is 18.3 Å². The van der Waals surface area contributed by atoms with E-state index < -0.39 is 21.3 Å². The van der Waals surface area contributed by atoms with Crippen LogP contribution in [0, 0.1) is 6.92 Å². The van der Waals surface area contributed by atoms with Gasteiger partial charge in [-0.15, -0.1) is 22.9 Å². The van der Waals surface area contributed by atoms with Gasteiger partial charge in [-0.2, -0.15) is 0 Å². The maximum Gasteiger partial charge on any atom is 0.263 e. The van der Waals surface area contributed by atoms with E-state index in [1.54, 1.807) is 12.3 Å². The van der Waals surface area contributed by atoms with Crippen molar-refractivity contribution < 1.29 is 13.2 Å². The fourth-order valence-corrected chi connectivity index (χ4v) is 5.49. The topological polar surface area (TPSA) is 63.2 Å². The minimum Gasteiger partial charge on any atom is -0.346 e. The van der Waals surface area contributed by atoms with Crippen molar-refractivity contribution in [1.82, 2.24) is 5.32 Å². The first kappa shape index (κ1) is 14.1. The van der Waals surface area contributed by atoms with Gasteiger partial charge in [0.25, 0.3) is 5.91 Å². The number of amides is 1. The number of carbonyl (C=O) groups excluding carboxylic acids is 1. The number of hydrogen-bond acceptors (Lipinski definition) is 4. The van der Waals surface area contributed by atoms with E-state index in [-0.39, 0.29) is 17.4 Å². The molecule has 0 spiro atoms. The van der Waals surface area contributed by atoms with E-state index in [0.717, 1.165) is 5.56 Å². The lowest BCUT2D eigenvalue weighted by atomic mass is 10.2. The smallest absolute Gasteiger partial charge is 0.263 e. The number of halogens is 2. The van der Waals surface area contributed by atoms with Crippen molar-refractivity contribution in [3.05, 3.63) is 20.8 Å². The maximum atomic E-state index is 12.0. The van der Waals surface area contributed by atoms with Gasteiger partial charge >= 0.3 is 0 Å². The molecule has 2 heterocycles. The van der Waals surface area contributed by atoms with Gasteiger partial charge < -0.3 is 5.32 Å². The Bertz CT molecular complexity index is 582. The van der Waals surface area contributed by atoms with E-state index in [9.17, 15) is 13.2 Å². The normalized spacial score (nSPS) is 26.2. The van der Waals surface area contributed by atoms with Crippen LogP contribution in [-0.2, 0) is 9.84 Å². The number of aryl methyl sites for hydroxylation is 1. The molecule has 18 heavy (non-hydrogen) atoms. The minimum atomic E-state index is -3.15. The van der Waals surface area contributed by atoms with Crippen LogP contribution in [0.5, 0.6) is 0 Å². The van der Waals surface area contributed by atoms with Crippen LogP contribution in [0.2, 0.25) is 5.02 Å². The second-order valence-corrected chi connectivity index (χ2v) is 8.21. The zero-order valence-corrected chi connectivity index (χ0v) is 12.6. The number of sulfone groups is 1. The van der Waals surface area contributed by atoms with Crippen molar-refractivity contribution in [3.8, 4) is 0 Å². The van der Waals surface area contributed by atoms with Crippen molar-refractivity contribution in [2.75, 3.05) is 11.5 Å². The van der Waals surface area contributed by atoms with Crippen molar-refractivity contribution in [2.24, 2.45) is 0 Å². The molecule has 100 valence electrons. The van der Waals surface area contributed by atoms with E-state index in [4.69, 9.17) is 23.2 Å². The average Bonchev–Trinajstić information content (AvgIpc) is 2.69. The van der Waals surface area contributed by atoms with Gasteiger partial charge in [-0.3, -0.25) is 4.79 Å². The van der Waals surface area contributed by atoms with Crippen LogP contribution in [0.25, 0.3) is 0 Å². The Balaban J connectivity index is 2.11. The summed E-state index contributed by atoms with van der Waals surface area (Å²) < 4.78 is 22.8. The molecule has 0 saturated carbocycles. The zero-order chi connectivity index (χ0) is 13.5. The Hall–Kier alpha value is -0.300. The summed E-state index contributed by atoms with van der Waals surface area (Å²) >= 11 is 13.1. The van der Waals surface area contributed by atoms with Crippen molar-refractivity contribution in [1.29, 1.82) is 0 Å². The molecular formula is C10H11Cl2NO3S2. The predicted octanol–water partition coefficient (Wildman–Crippen LogP) is 1.84. The fraction of sp³-hybridized carbons (Fsp3) is 0.500. The molecule has 2 atom stereocenters. The fourth-order valence-electron chi connectivity index (χ4n) is 1.75. The molecule has 1 N–H and O–H groups in total. The van der Waals surface area contributed by atoms with Crippen molar-refractivity contribution in [3.63, 3.8) is 0 Å². The van der Waals surface area contributed by atoms with Gasteiger partial charge in [-0.25, -0.2) is 8.42 Å². The quantitative estimate of drug-likeness (QED) is 0.843. The third-order valence-corrected chi connectivity index (χ3v) is 6.78. The second-order valence-electron chi connectivity index (χ2n) is 4.23. The van der Waals surface area contributed by atoms with Crippen molar-refractivity contribution >= 4 is 50.3 Å². The van der Waals surface area contributed by atoms with Crippen LogP contribution in [0.3, 0.4) is 0 Å². The highest BCUT2D eigenvalue weighted by molar-refractivity contribution is 7.91. The highest BCUT2D eigenvalue weighted by Crippen LogP contribution is 2.27. The Morgan fingerprint density at radius 2 is 2.17 bits per heavy atom. The molecule has 0 aromatic carbocycles. The first-order valence-corrected chi connectivity index (χ1v) is 8.70. The number of thiophene rings is 1. The van der Waals surface area contributed by atoms with Gasteiger partial charge in [-0.05, 0) is 17.9 Å². The summed E-state index contributed by atoms with van der Waals surface area (Å²) in [5, 5.41) is 4.23. The monoisotopic (exact) mass is 327 g/mol. The van der Waals surface area contributed by atoms with Crippen LogP contribution in [0.1, 0.15) is 15.2 Å². The summed E-state index contributed by atoms with van der Waals surface area (Å²) in [6.07, 6.45) is 0. The Labute approximate surface area is 119 Å². The van der Waals surface area contributed by atoms with Gasteiger partial charge in [-0.1, -0.05) is 11.6 Å². The number of alkyl halides is 1. The zero-order valence-electron chi connectivity index (χ0n) is 9.44. The first-order chi connectivity index (χ1) is 8.30. The minimum absolute atomic E-state index is 0.100. The molecule has 0 radical (unpaired) electrons. The Morgan fingerprint density at radius 1 is 1.50 bits per heavy atom. The number of carbonyl (C=O) groups is 1. The summed E-state index contributed by atoms with van der Waals surface area (Å²) in [6.45, 7) is 1.81. The van der Waals surface area contributed by atoms with E-state index in [0.29, 0.717) is 9.90 Å². The molecule has 1 aromatic heterocycles. The van der Waals surface area contributed by atoms with Gasteiger partial charge in [0.1, 0.15) is 4.88 Å². The van der Waals surface area contributed by atoms with Crippen LogP contribution < -0.4 is 5.32 Å². The second kappa shape index (κ2) is 5.00. The van der Waals surface area contributed by atoms with E-state index in [1.165, 1.54) is 11.3 Å². The molecule has 4 nitrogen and oxygen atoms in total. The van der Waals surface area contributed by atoms with E-state index in [1.807, 2.05) is 0 Å². The van der Waals surface area contributed by atoms with E-state index in [2.05, 4.69) is 5.32 Å². The Kier molecular flexibility index (Phi) is 3.92. The Morgan fingerprint density at radius 3 is 2.61 bits per heavy atom. The molecule has 1 fully saturated rings. The largest absolute Gasteiger partial charge is 0.346 e. The third kappa shape index (κ3) is 2.82. The number of rotatable bonds is 2. The van der Waals surface area contributed by atoms with Gasteiger partial charge in [0.2, 0.25) is 0 Å².